The first kappa shape index (κ1) is 22.8. The summed E-state index contributed by atoms with van der Waals surface area (Å²) >= 11 is 9.91. The lowest BCUT2D eigenvalue weighted by Crippen LogP contribution is -2.50. The van der Waals surface area contributed by atoms with Crippen LogP contribution in [0.25, 0.3) is 0 Å². The number of thioether (sulfide) groups is 1. The molecule has 0 radical (unpaired) electrons. The number of hydrogen-bond donors (Lipinski definition) is 3. The molecule has 1 aliphatic heterocycles. The number of thiol groups is 2. The monoisotopic (exact) mass is 441 g/mol. The summed E-state index contributed by atoms with van der Waals surface area (Å²) in [5, 5.41) is 7.53. The Morgan fingerprint density at radius 2 is 1.82 bits per heavy atom. The van der Waals surface area contributed by atoms with Crippen molar-refractivity contribution in [3.05, 3.63) is 35.9 Å². The van der Waals surface area contributed by atoms with Gasteiger partial charge in [-0.05, 0) is 13.3 Å². The summed E-state index contributed by atoms with van der Waals surface area (Å²) in [6.45, 7) is 2.98. The molecule has 1 aromatic carbocycles. The summed E-state index contributed by atoms with van der Waals surface area (Å²) in [5.74, 6) is -2.61. The standard InChI is InChI=1S/C19H23NO5S3/c1-10(17(27)16(22)12-6-4-3-5-7-12)18(23)20-13(19(24)25)9-28-15(20)8-14(26)11(2)21/h3-7,10,13-15,17,26-27H,8-9H2,1-2H3,(H,24,25)/t10?,13-,14?,15?,17?/m0/s1. The zero-order valence-corrected chi connectivity index (χ0v) is 18.1. The van der Waals surface area contributed by atoms with Crippen molar-refractivity contribution in [2.75, 3.05) is 5.75 Å². The molecule has 2 rings (SSSR count). The van der Waals surface area contributed by atoms with E-state index in [4.69, 9.17) is 0 Å². The fourth-order valence-electron chi connectivity index (χ4n) is 2.96. The molecular weight excluding hydrogens is 418 g/mol. The van der Waals surface area contributed by atoms with E-state index >= 15 is 0 Å². The molecule has 1 fully saturated rings. The molecule has 1 aromatic rings. The van der Waals surface area contributed by atoms with Crippen LogP contribution in [0.5, 0.6) is 0 Å². The van der Waals surface area contributed by atoms with E-state index in [1.165, 1.54) is 23.6 Å². The molecule has 5 atom stereocenters. The van der Waals surface area contributed by atoms with Crippen molar-refractivity contribution in [1.29, 1.82) is 0 Å². The molecule has 9 heteroatoms. The highest BCUT2D eigenvalue weighted by atomic mass is 32.2. The summed E-state index contributed by atoms with van der Waals surface area (Å²) < 4.78 is 0. The third-order valence-corrected chi connectivity index (χ3v) is 7.28. The van der Waals surface area contributed by atoms with Crippen molar-refractivity contribution in [2.24, 2.45) is 5.92 Å². The molecule has 6 nitrogen and oxygen atoms in total. The van der Waals surface area contributed by atoms with E-state index in [9.17, 15) is 24.3 Å². The van der Waals surface area contributed by atoms with Gasteiger partial charge in [-0.15, -0.1) is 11.8 Å². The topological polar surface area (TPSA) is 91.8 Å². The summed E-state index contributed by atoms with van der Waals surface area (Å²) in [6, 6.07) is 7.52. The van der Waals surface area contributed by atoms with Gasteiger partial charge in [0.25, 0.3) is 0 Å². The number of Topliss-reactive ketones (excluding diaryl/α,β-unsaturated/α-hetero) is 2. The molecule has 4 unspecified atom stereocenters. The van der Waals surface area contributed by atoms with Crippen molar-refractivity contribution in [3.63, 3.8) is 0 Å². The summed E-state index contributed by atoms with van der Waals surface area (Å²) in [6.07, 6.45) is 0.245. The van der Waals surface area contributed by atoms with Gasteiger partial charge in [-0.1, -0.05) is 37.3 Å². The first-order chi connectivity index (χ1) is 13.1. The predicted molar refractivity (Wildman–Crippen MR) is 115 cm³/mol. The molecule has 0 saturated carbocycles. The largest absolute Gasteiger partial charge is 0.480 e. The lowest BCUT2D eigenvalue weighted by Gasteiger charge is -2.32. The smallest absolute Gasteiger partial charge is 0.327 e. The predicted octanol–water partition coefficient (Wildman–Crippen LogP) is 2.44. The second-order valence-electron chi connectivity index (χ2n) is 6.71. The van der Waals surface area contributed by atoms with Gasteiger partial charge < -0.3 is 10.0 Å². The summed E-state index contributed by atoms with van der Waals surface area (Å²) in [7, 11) is 0. The van der Waals surface area contributed by atoms with Crippen LogP contribution >= 0.6 is 37.0 Å². The Balaban J connectivity index is 2.21. The Morgan fingerprint density at radius 1 is 1.21 bits per heavy atom. The van der Waals surface area contributed by atoms with Gasteiger partial charge in [0.15, 0.2) is 5.78 Å². The lowest BCUT2D eigenvalue weighted by atomic mass is 9.97. The Morgan fingerprint density at radius 3 is 2.36 bits per heavy atom. The Labute approximate surface area is 179 Å². The van der Waals surface area contributed by atoms with Gasteiger partial charge in [0, 0.05) is 11.3 Å². The number of rotatable bonds is 8. The second kappa shape index (κ2) is 9.84. The minimum atomic E-state index is -1.11. The van der Waals surface area contributed by atoms with Crippen LogP contribution in [0.15, 0.2) is 30.3 Å². The zero-order valence-electron chi connectivity index (χ0n) is 15.5. The zero-order chi connectivity index (χ0) is 21.0. The quantitative estimate of drug-likeness (QED) is 0.424. The Hall–Kier alpha value is -1.45. The Bertz CT molecular complexity index is 757. The van der Waals surface area contributed by atoms with Gasteiger partial charge in [-0.2, -0.15) is 25.3 Å². The number of aliphatic carboxylic acids is 1. The molecule has 1 heterocycles. The van der Waals surface area contributed by atoms with Crippen molar-refractivity contribution in [3.8, 4) is 0 Å². The Kier molecular flexibility index (Phi) is 8.03. The maximum Gasteiger partial charge on any atom is 0.327 e. The van der Waals surface area contributed by atoms with Gasteiger partial charge in [0.1, 0.15) is 11.8 Å². The van der Waals surface area contributed by atoms with Gasteiger partial charge >= 0.3 is 5.97 Å². The minimum Gasteiger partial charge on any atom is -0.480 e. The van der Waals surface area contributed by atoms with E-state index in [0.717, 1.165) is 0 Å². The molecule has 1 aliphatic rings. The van der Waals surface area contributed by atoms with Crippen LogP contribution in [0.3, 0.4) is 0 Å². The number of carbonyl (C=O) groups is 4. The lowest BCUT2D eigenvalue weighted by molar-refractivity contribution is -0.150. The highest BCUT2D eigenvalue weighted by Gasteiger charge is 2.45. The van der Waals surface area contributed by atoms with E-state index in [0.29, 0.717) is 5.56 Å². The van der Waals surface area contributed by atoms with E-state index in [1.54, 1.807) is 37.3 Å². The average molecular weight is 442 g/mol. The van der Waals surface area contributed by atoms with Crippen LogP contribution in [0.4, 0.5) is 0 Å². The molecule has 28 heavy (non-hydrogen) atoms. The van der Waals surface area contributed by atoms with Crippen LogP contribution < -0.4 is 0 Å². The van der Waals surface area contributed by atoms with E-state index in [2.05, 4.69) is 25.3 Å². The maximum absolute atomic E-state index is 13.1. The van der Waals surface area contributed by atoms with Crippen LogP contribution in [0.1, 0.15) is 30.6 Å². The number of hydrogen-bond acceptors (Lipinski definition) is 7. The highest BCUT2D eigenvalue weighted by Crippen LogP contribution is 2.35. The third-order valence-electron chi connectivity index (χ3n) is 4.72. The summed E-state index contributed by atoms with van der Waals surface area (Å²) in [5.41, 5.74) is 0.441. The van der Waals surface area contributed by atoms with Crippen LogP contribution in [0.2, 0.25) is 0 Å². The van der Waals surface area contributed by atoms with E-state index < -0.39 is 39.7 Å². The van der Waals surface area contributed by atoms with Crippen molar-refractivity contribution >= 4 is 60.5 Å². The summed E-state index contributed by atoms with van der Waals surface area (Å²) in [4.78, 5) is 50.3. The fraction of sp³-hybridized carbons (Fsp3) is 0.474. The van der Waals surface area contributed by atoms with Crippen LogP contribution in [-0.2, 0) is 14.4 Å². The molecule has 1 amide bonds. The number of amides is 1. The van der Waals surface area contributed by atoms with E-state index in [-0.39, 0.29) is 23.7 Å². The maximum atomic E-state index is 13.1. The molecule has 1 N–H and O–H groups in total. The number of ketones is 2. The first-order valence-electron chi connectivity index (χ1n) is 8.77. The van der Waals surface area contributed by atoms with Crippen LogP contribution in [-0.4, -0.2) is 61.1 Å². The molecule has 0 bridgehead atoms. The number of carboxylic acid groups (broad SMARTS) is 1. The number of benzene rings is 1. The number of carbonyl (C=O) groups excluding carboxylic acids is 3. The average Bonchev–Trinajstić information content (AvgIpc) is 3.09. The first-order valence-corrected chi connectivity index (χ1v) is 10.9. The second-order valence-corrected chi connectivity index (χ2v) is 9.10. The molecule has 152 valence electrons. The van der Waals surface area contributed by atoms with Gasteiger partial charge in [-0.3, -0.25) is 14.4 Å². The molecular formula is C19H23NO5S3. The highest BCUT2D eigenvalue weighted by molar-refractivity contribution is 8.00. The van der Waals surface area contributed by atoms with Crippen molar-refractivity contribution in [1.82, 2.24) is 4.90 Å². The molecule has 0 aromatic heterocycles. The normalized spacial score (nSPS) is 22.4. The SMILES string of the molecule is CC(=O)C(S)CC1SC[C@@H](C(=O)O)N1C(=O)C(C)C(S)C(=O)c1ccccc1. The molecule has 1 saturated heterocycles. The minimum absolute atomic E-state index is 0.144. The van der Waals surface area contributed by atoms with Gasteiger partial charge in [0.2, 0.25) is 5.91 Å². The van der Waals surface area contributed by atoms with Crippen molar-refractivity contribution in [2.45, 2.75) is 42.2 Å². The third kappa shape index (κ3) is 5.12. The number of carboxylic acids is 1. The van der Waals surface area contributed by atoms with E-state index in [1.807, 2.05) is 0 Å². The van der Waals surface area contributed by atoms with Gasteiger partial charge in [0.05, 0.1) is 21.8 Å². The van der Waals surface area contributed by atoms with Gasteiger partial charge in [-0.25, -0.2) is 4.79 Å². The molecule has 0 aliphatic carbocycles. The van der Waals surface area contributed by atoms with Crippen LogP contribution in [0, 0.1) is 5.92 Å². The number of nitrogens with zero attached hydrogens (tertiary/aromatic N) is 1. The van der Waals surface area contributed by atoms with Crippen molar-refractivity contribution < 1.29 is 24.3 Å². The molecule has 0 spiro atoms. The fourth-order valence-corrected chi connectivity index (χ4v) is 5.02.